The first-order valence-electron chi connectivity index (χ1n) is 12.8. The Hall–Kier alpha value is -1.67. The van der Waals surface area contributed by atoms with E-state index in [4.69, 9.17) is 14.6 Å². The highest BCUT2D eigenvalue weighted by Crippen LogP contribution is 2.06. The quantitative estimate of drug-likeness (QED) is 0.175. The fraction of sp³-hybridized carbons (Fsp3) is 0.880. The molecule has 0 heterocycles. The highest BCUT2D eigenvalue weighted by Gasteiger charge is 2.16. The highest BCUT2D eigenvalue weighted by atomic mass is 16.5. The topological polar surface area (TPSA) is 96.4 Å². The van der Waals surface area contributed by atoms with Gasteiger partial charge in [-0.1, -0.05) is 78.1 Å². The maximum absolute atomic E-state index is 12.1. The third-order valence-corrected chi connectivity index (χ3v) is 5.43. The van der Waals surface area contributed by atoms with Gasteiger partial charge in [0.1, 0.15) is 0 Å². The van der Waals surface area contributed by atoms with Crippen molar-refractivity contribution in [2.75, 3.05) is 53.0 Å². The lowest BCUT2D eigenvalue weighted by atomic mass is 10.1. The van der Waals surface area contributed by atoms with Crippen molar-refractivity contribution >= 4 is 17.9 Å². The van der Waals surface area contributed by atoms with E-state index in [-0.39, 0.29) is 25.6 Å². The van der Waals surface area contributed by atoms with Gasteiger partial charge in [0.25, 0.3) is 0 Å². The normalized spacial score (nSPS) is 11.2. The van der Waals surface area contributed by atoms with E-state index in [2.05, 4.69) is 13.8 Å². The van der Waals surface area contributed by atoms with E-state index in [0.29, 0.717) is 26.3 Å². The number of unbranched alkanes of at least 4 members (excludes halogenated alkanes) is 10. The van der Waals surface area contributed by atoms with E-state index in [1.54, 1.807) is 11.9 Å². The van der Waals surface area contributed by atoms with E-state index in [1.807, 2.05) is 0 Å². The molecule has 0 aliphatic rings. The van der Waals surface area contributed by atoms with Gasteiger partial charge in [-0.25, -0.2) is 0 Å². The SMILES string of the molecule is CCCCCCCCOC(=O)CN(C)CCN(CC(=O)O)CC(=O)OCCCCCCCC. The van der Waals surface area contributed by atoms with Crippen LogP contribution in [0.15, 0.2) is 0 Å². The number of carboxylic acid groups (broad SMARTS) is 1. The molecule has 0 radical (unpaired) electrons. The lowest BCUT2D eigenvalue weighted by Crippen LogP contribution is -2.41. The molecule has 0 saturated carbocycles. The molecule has 0 bridgehead atoms. The van der Waals surface area contributed by atoms with Crippen LogP contribution in [0, 0.1) is 0 Å². The first-order chi connectivity index (χ1) is 15.9. The Balaban J connectivity index is 4.06. The molecule has 8 nitrogen and oxygen atoms in total. The molecule has 0 atom stereocenters. The highest BCUT2D eigenvalue weighted by molar-refractivity contribution is 5.74. The van der Waals surface area contributed by atoms with Crippen LogP contribution < -0.4 is 0 Å². The summed E-state index contributed by atoms with van der Waals surface area (Å²) in [5, 5.41) is 9.13. The van der Waals surface area contributed by atoms with Crippen molar-refractivity contribution in [1.82, 2.24) is 9.80 Å². The molecule has 8 heteroatoms. The Kier molecular flexibility index (Phi) is 21.0. The van der Waals surface area contributed by atoms with Crippen molar-refractivity contribution in [2.24, 2.45) is 0 Å². The summed E-state index contributed by atoms with van der Waals surface area (Å²) in [5.74, 6) is -1.69. The number of likely N-dealkylation sites (N-methyl/N-ethyl adjacent to an activating group) is 1. The van der Waals surface area contributed by atoms with Gasteiger partial charge in [0.05, 0.1) is 32.8 Å². The Bertz CT molecular complexity index is 515. The molecule has 0 aromatic rings. The Morgan fingerprint density at radius 2 is 1.09 bits per heavy atom. The summed E-state index contributed by atoms with van der Waals surface area (Å²) in [5.41, 5.74) is 0. The number of ether oxygens (including phenoxy) is 2. The van der Waals surface area contributed by atoms with E-state index >= 15 is 0 Å². The molecule has 0 amide bonds. The molecule has 0 aromatic heterocycles. The van der Waals surface area contributed by atoms with Gasteiger partial charge >= 0.3 is 17.9 Å². The molecule has 0 saturated heterocycles. The number of carboxylic acids is 1. The van der Waals surface area contributed by atoms with Crippen LogP contribution in [0.25, 0.3) is 0 Å². The summed E-state index contributed by atoms with van der Waals surface area (Å²) in [7, 11) is 1.78. The lowest BCUT2D eigenvalue weighted by molar-refractivity contribution is -0.148. The second-order valence-electron chi connectivity index (χ2n) is 8.82. The number of aliphatic carboxylic acids is 1. The molecule has 0 aromatic carbocycles. The van der Waals surface area contributed by atoms with E-state index in [1.165, 1.54) is 49.8 Å². The lowest BCUT2D eigenvalue weighted by Gasteiger charge is -2.23. The van der Waals surface area contributed by atoms with Crippen LogP contribution in [0.4, 0.5) is 0 Å². The third kappa shape index (κ3) is 21.9. The molecule has 0 fully saturated rings. The number of hydrogen-bond donors (Lipinski definition) is 1. The van der Waals surface area contributed by atoms with Crippen LogP contribution in [0.3, 0.4) is 0 Å². The maximum Gasteiger partial charge on any atom is 0.320 e. The van der Waals surface area contributed by atoms with Crippen LogP contribution in [0.5, 0.6) is 0 Å². The monoisotopic (exact) mass is 472 g/mol. The smallest absolute Gasteiger partial charge is 0.320 e. The van der Waals surface area contributed by atoms with Crippen LogP contribution in [0.2, 0.25) is 0 Å². The molecule has 0 aliphatic heterocycles. The van der Waals surface area contributed by atoms with Gasteiger partial charge < -0.3 is 14.6 Å². The average molecular weight is 473 g/mol. The predicted molar refractivity (Wildman–Crippen MR) is 130 cm³/mol. The minimum atomic E-state index is -1.00. The molecule has 0 unspecified atom stereocenters. The van der Waals surface area contributed by atoms with Crippen molar-refractivity contribution in [2.45, 2.75) is 90.9 Å². The Labute approximate surface area is 201 Å². The largest absolute Gasteiger partial charge is 0.480 e. The van der Waals surface area contributed by atoms with Gasteiger partial charge in [0.2, 0.25) is 0 Å². The Morgan fingerprint density at radius 3 is 1.58 bits per heavy atom. The van der Waals surface area contributed by atoms with Crippen molar-refractivity contribution in [3.8, 4) is 0 Å². The zero-order valence-electron chi connectivity index (χ0n) is 21.3. The maximum atomic E-state index is 12.1. The first-order valence-corrected chi connectivity index (χ1v) is 12.8. The summed E-state index contributed by atoms with van der Waals surface area (Å²) < 4.78 is 10.5. The fourth-order valence-electron chi connectivity index (χ4n) is 3.43. The number of carbonyl (C=O) groups excluding carboxylic acids is 2. The summed E-state index contributed by atoms with van der Waals surface area (Å²) in [6, 6.07) is 0. The van der Waals surface area contributed by atoms with Crippen molar-refractivity contribution in [1.29, 1.82) is 0 Å². The predicted octanol–water partition coefficient (Wildman–Crippen LogP) is 4.11. The van der Waals surface area contributed by atoms with Crippen LogP contribution in [0.1, 0.15) is 90.9 Å². The molecule has 33 heavy (non-hydrogen) atoms. The fourth-order valence-corrected chi connectivity index (χ4v) is 3.43. The van der Waals surface area contributed by atoms with Gasteiger partial charge in [0.15, 0.2) is 0 Å². The molecule has 0 rings (SSSR count). The number of hydrogen-bond acceptors (Lipinski definition) is 7. The van der Waals surface area contributed by atoms with E-state index < -0.39 is 11.9 Å². The van der Waals surface area contributed by atoms with Crippen molar-refractivity contribution in [3.05, 3.63) is 0 Å². The number of carbonyl (C=O) groups is 3. The summed E-state index contributed by atoms with van der Waals surface area (Å²) in [4.78, 5) is 38.5. The minimum Gasteiger partial charge on any atom is -0.480 e. The van der Waals surface area contributed by atoms with Crippen LogP contribution in [-0.4, -0.2) is 85.8 Å². The second-order valence-corrected chi connectivity index (χ2v) is 8.82. The van der Waals surface area contributed by atoms with Gasteiger partial charge in [-0.15, -0.1) is 0 Å². The third-order valence-electron chi connectivity index (χ3n) is 5.43. The number of nitrogens with zero attached hydrogens (tertiary/aromatic N) is 2. The number of rotatable bonds is 23. The van der Waals surface area contributed by atoms with Crippen molar-refractivity contribution in [3.63, 3.8) is 0 Å². The summed E-state index contributed by atoms with van der Waals surface area (Å²) in [6.07, 6.45) is 13.5. The molecule has 194 valence electrons. The first kappa shape index (κ1) is 31.3. The summed E-state index contributed by atoms with van der Waals surface area (Å²) >= 11 is 0. The zero-order valence-corrected chi connectivity index (χ0v) is 21.3. The standard InChI is InChI=1S/C25H48N2O6/c1-4-6-8-10-12-14-18-32-24(30)21-26(3)16-17-27(20-23(28)29)22-25(31)33-19-15-13-11-9-7-5-2/h4-22H2,1-3H3,(H,28,29). The van der Waals surface area contributed by atoms with Crippen LogP contribution >= 0.6 is 0 Å². The van der Waals surface area contributed by atoms with E-state index in [0.717, 1.165) is 32.1 Å². The van der Waals surface area contributed by atoms with E-state index in [9.17, 15) is 14.4 Å². The molecule has 0 aliphatic carbocycles. The summed E-state index contributed by atoms with van der Waals surface area (Å²) in [6.45, 7) is 5.78. The van der Waals surface area contributed by atoms with Gasteiger partial charge in [-0.3, -0.25) is 24.2 Å². The molecular formula is C25H48N2O6. The Morgan fingerprint density at radius 1 is 0.636 bits per heavy atom. The molecule has 0 spiro atoms. The number of esters is 2. The van der Waals surface area contributed by atoms with Gasteiger partial charge in [-0.2, -0.15) is 0 Å². The van der Waals surface area contributed by atoms with Gasteiger partial charge in [-0.05, 0) is 19.9 Å². The molecule has 1 N–H and O–H groups in total. The average Bonchev–Trinajstić information content (AvgIpc) is 2.76. The van der Waals surface area contributed by atoms with Crippen molar-refractivity contribution < 1.29 is 29.0 Å². The van der Waals surface area contributed by atoms with Gasteiger partial charge in [0, 0.05) is 13.1 Å². The van der Waals surface area contributed by atoms with Crippen LogP contribution in [-0.2, 0) is 23.9 Å². The zero-order chi connectivity index (χ0) is 24.7. The second kappa shape index (κ2) is 22.1. The molecular weight excluding hydrogens is 424 g/mol. The minimum absolute atomic E-state index is 0.0710.